The van der Waals surface area contributed by atoms with Gasteiger partial charge >= 0.3 is 0 Å². The number of hydrogen-bond acceptors (Lipinski definition) is 7. The number of nitrogens with zero attached hydrogens (tertiary/aromatic N) is 3. The lowest BCUT2D eigenvalue weighted by Crippen LogP contribution is -2.32. The number of anilines is 3. The van der Waals surface area contributed by atoms with Crippen molar-refractivity contribution >= 4 is 44.6 Å². The first-order valence-electron chi connectivity index (χ1n) is 11.7. The molecule has 4 aromatic rings. The van der Waals surface area contributed by atoms with E-state index in [4.69, 9.17) is 16.0 Å². The first kappa shape index (κ1) is 27.2. The Morgan fingerprint density at radius 1 is 0.921 bits per heavy atom. The predicted octanol–water partition coefficient (Wildman–Crippen LogP) is 5.47. The Kier molecular flexibility index (Phi) is 7.75. The van der Waals surface area contributed by atoms with E-state index in [2.05, 4.69) is 20.2 Å². The smallest absolute Gasteiger partial charge is 0.261 e. The van der Waals surface area contributed by atoms with Crippen LogP contribution >= 0.6 is 11.6 Å². The molecule has 1 amide bonds. The third-order valence-corrected chi connectivity index (χ3v) is 7.83. The van der Waals surface area contributed by atoms with Gasteiger partial charge < -0.3 is 14.6 Å². The quantitative estimate of drug-likeness (QED) is 0.264. The second kappa shape index (κ2) is 10.8. The van der Waals surface area contributed by atoms with Gasteiger partial charge in [-0.3, -0.25) is 9.52 Å². The van der Waals surface area contributed by atoms with Crippen molar-refractivity contribution in [3.8, 4) is 22.9 Å². The molecule has 0 aliphatic heterocycles. The average molecular weight is 554 g/mol. The topological polar surface area (TPSA) is 117 Å². The van der Waals surface area contributed by atoms with Crippen molar-refractivity contribution in [1.29, 1.82) is 0 Å². The lowest BCUT2D eigenvalue weighted by Gasteiger charge is -2.20. The number of carbonyl (C=O) groups excluding carboxylic acids is 1. The van der Waals surface area contributed by atoms with Crippen LogP contribution in [0.3, 0.4) is 0 Å². The van der Waals surface area contributed by atoms with Crippen LogP contribution < -0.4 is 14.9 Å². The Labute approximate surface area is 226 Å². The van der Waals surface area contributed by atoms with E-state index in [9.17, 15) is 13.2 Å². The van der Waals surface area contributed by atoms with Crippen molar-refractivity contribution < 1.29 is 17.6 Å². The van der Waals surface area contributed by atoms with E-state index in [1.54, 1.807) is 50.2 Å². The Morgan fingerprint density at radius 3 is 2.21 bits per heavy atom. The summed E-state index contributed by atoms with van der Waals surface area (Å²) in [6.07, 6.45) is 0. The first-order valence-corrected chi connectivity index (χ1v) is 13.7. The number of hydrogen-bond donors (Lipinski definition) is 2. The second-order valence-electron chi connectivity index (χ2n) is 9.54. The average Bonchev–Trinajstić information content (AvgIpc) is 3.39. The zero-order chi connectivity index (χ0) is 27.5. The van der Waals surface area contributed by atoms with Gasteiger partial charge in [0.2, 0.25) is 17.7 Å². The monoisotopic (exact) mass is 553 g/mol. The number of alkyl halides is 1. The minimum atomic E-state index is -3.90. The van der Waals surface area contributed by atoms with Gasteiger partial charge in [0, 0.05) is 42.5 Å². The minimum Gasteiger partial charge on any atom is -0.416 e. The molecule has 0 spiro atoms. The molecule has 0 fully saturated rings. The van der Waals surface area contributed by atoms with E-state index in [-0.39, 0.29) is 22.6 Å². The molecule has 0 unspecified atom stereocenters. The Hall–Kier alpha value is -3.89. The molecule has 0 saturated carbocycles. The predicted molar refractivity (Wildman–Crippen MR) is 150 cm³/mol. The van der Waals surface area contributed by atoms with Crippen LogP contribution in [0.5, 0.6) is 0 Å². The van der Waals surface area contributed by atoms with Crippen LogP contribution in [-0.2, 0) is 14.8 Å². The third-order valence-electron chi connectivity index (χ3n) is 5.77. The summed E-state index contributed by atoms with van der Waals surface area (Å²) >= 11 is 5.87. The normalized spacial score (nSPS) is 11.7. The van der Waals surface area contributed by atoms with Crippen LogP contribution in [0.2, 0.25) is 0 Å². The molecule has 198 valence electrons. The highest BCUT2D eigenvalue weighted by molar-refractivity contribution is 7.92. The lowest BCUT2D eigenvalue weighted by atomic mass is 9.95. The molecule has 4 rings (SSSR count). The molecule has 0 saturated heterocycles. The van der Waals surface area contributed by atoms with Gasteiger partial charge in [-0.1, -0.05) is 12.1 Å². The van der Waals surface area contributed by atoms with Crippen LogP contribution in [0.4, 0.5) is 17.1 Å². The fourth-order valence-corrected chi connectivity index (χ4v) is 4.56. The van der Waals surface area contributed by atoms with Crippen LogP contribution in [0.1, 0.15) is 13.8 Å². The Morgan fingerprint density at radius 2 is 1.55 bits per heavy atom. The summed E-state index contributed by atoms with van der Waals surface area (Å²) < 4.78 is 34.4. The molecular formula is C27H28ClN5O4S. The van der Waals surface area contributed by atoms with Crippen LogP contribution in [0, 0.1) is 5.41 Å². The molecule has 0 aliphatic rings. The van der Waals surface area contributed by atoms with Crippen LogP contribution in [-0.4, -0.2) is 44.5 Å². The van der Waals surface area contributed by atoms with E-state index in [1.807, 2.05) is 43.3 Å². The summed E-state index contributed by atoms with van der Waals surface area (Å²) in [6, 6.07) is 20.3. The van der Waals surface area contributed by atoms with Crippen molar-refractivity contribution in [3.05, 3.63) is 72.8 Å². The van der Waals surface area contributed by atoms with Crippen molar-refractivity contribution in [3.63, 3.8) is 0 Å². The number of amides is 1. The highest BCUT2D eigenvalue weighted by atomic mass is 35.5. The zero-order valence-electron chi connectivity index (χ0n) is 21.4. The van der Waals surface area contributed by atoms with Crippen molar-refractivity contribution in [1.82, 2.24) is 10.2 Å². The zero-order valence-corrected chi connectivity index (χ0v) is 23.0. The summed E-state index contributed by atoms with van der Waals surface area (Å²) in [4.78, 5) is 14.4. The van der Waals surface area contributed by atoms with Crippen molar-refractivity contribution in [2.24, 2.45) is 5.41 Å². The number of nitrogens with one attached hydrogen (secondary N) is 2. The van der Waals surface area contributed by atoms with Gasteiger partial charge in [-0.25, -0.2) is 8.42 Å². The second-order valence-corrected chi connectivity index (χ2v) is 11.5. The molecule has 0 atom stereocenters. The molecular weight excluding hydrogens is 526 g/mol. The highest BCUT2D eigenvalue weighted by Crippen LogP contribution is 2.28. The summed E-state index contributed by atoms with van der Waals surface area (Å²) in [5.74, 6) is 0.520. The fraction of sp³-hybridized carbons (Fsp3) is 0.222. The molecule has 2 N–H and O–H groups in total. The van der Waals surface area contributed by atoms with Gasteiger partial charge in [0.25, 0.3) is 10.0 Å². The number of sulfonamides is 1. The van der Waals surface area contributed by atoms with Gasteiger partial charge in [0.05, 0.1) is 16.0 Å². The number of benzene rings is 3. The molecule has 38 heavy (non-hydrogen) atoms. The van der Waals surface area contributed by atoms with Gasteiger partial charge in [-0.05, 0) is 74.5 Å². The number of carbonyl (C=O) groups is 1. The van der Waals surface area contributed by atoms with E-state index in [0.717, 1.165) is 11.3 Å². The summed E-state index contributed by atoms with van der Waals surface area (Å²) in [6.45, 7) is 3.45. The van der Waals surface area contributed by atoms with Crippen LogP contribution in [0.15, 0.2) is 82.1 Å². The first-order chi connectivity index (χ1) is 18.0. The summed E-state index contributed by atoms with van der Waals surface area (Å²) in [5.41, 5.74) is 2.34. The molecule has 11 heteroatoms. The van der Waals surface area contributed by atoms with E-state index < -0.39 is 15.4 Å². The molecule has 0 radical (unpaired) electrons. The maximum absolute atomic E-state index is 13.0. The number of aromatic nitrogens is 2. The van der Waals surface area contributed by atoms with Gasteiger partial charge in [0.15, 0.2) is 0 Å². The molecule has 1 heterocycles. The van der Waals surface area contributed by atoms with Gasteiger partial charge in [0.1, 0.15) is 0 Å². The third kappa shape index (κ3) is 6.15. The highest BCUT2D eigenvalue weighted by Gasteiger charge is 2.26. The van der Waals surface area contributed by atoms with E-state index >= 15 is 0 Å². The number of halogens is 1. The largest absolute Gasteiger partial charge is 0.416 e. The molecule has 1 aromatic heterocycles. The van der Waals surface area contributed by atoms with Crippen molar-refractivity contribution in [2.45, 2.75) is 18.7 Å². The molecule has 9 nitrogen and oxygen atoms in total. The number of rotatable bonds is 9. The summed E-state index contributed by atoms with van der Waals surface area (Å²) in [7, 11) is -0.00515. The fourth-order valence-electron chi connectivity index (χ4n) is 3.39. The van der Waals surface area contributed by atoms with Crippen LogP contribution in [0.25, 0.3) is 22.9 Å². The SMILES string of the molecule is CN(C)c1cccc(-c2nnc(-c3ccc(S(=O)(=O)Nc4cccc(NC(=O)C(C)(C)CCl)c4)cc3)o2)c1. The minimum absolute atomic E-state index is 0.0531. The maximum atomic E-state index is 13.0. The maximum Gasteiger partial charge on any atom is 0.261 e. The lowest BCUT2D eigenvalue weighted by molar-refractivity contribution is -0.122. The van der Waals surface area contributed by atoms with Gasteiger partial charge in [-0.15, -0.1) is 21.8 Å². The standard InChI is InChI=1S/C27H28ClN5O4S/c1-27(2,17-28)26(34)29-20-8-6-9-21(16-20)32-38(35,36)23-13-11-18(12-14-23)24-30-31-25(37-24)19-7-5-10-22(15-19)33(3)4/h5-16,32H,17H2,1-4H3,(H,29,34). The summed E-state index contributed by atoms with van der Waals surface area (Å²) in [5, 5.41) is 11.0. The Bertz CT molecular complexity index is 1550. The van der Waals surface area contributed by atoms with Crippen molar-refractivity contribution in [2.75, 3.05) is 34.9 Å². The molecule has 0 bridgehead atoms. The molecule has 3 aromatic carbocycles. The molecule has 0 aliphatic carbocycles. The Balaban J connectivity index is 1.49. The van der Waals surface area contributed by atoms with E-state index in [1.165, 1.54) is 12.1 Å². The van der Waals surface area contributed by atoms with Gasteiger partial charge in [-0.2, -0.15) is 0 Å². The van der Waals surface area contributed by atoms with E-state index in [0.29, 0.717) is 22.8 Å².